The van der Waals surface area contributed by atoms with Crippen molar-refractivity contribution < 1.29 is 0 Å². The Morgan fingerprint density at radius 2 is 1.93 bits per heavy atom. The molecule has 0 atom stereocenters. The Bertz CT molecular complexity index is 1350. The van der Waals surface area contributed by atoms with Crippen LogP contribution in [0.3, 0.4) is 0 Å². The van der Waals surface area contributed by atoms with Gasteiger partial charge in [-0.15, -0.1) is 0 Å². The number of rotatable bonds is 4. The van der Waals surface area contributed by atoms with Crippen molar-refractivity contribution in [3.8, 4) is 0 Å². The van der Waals surface area contributed by atoms with Crippen molar-refractivity contribution >= 4 is 39.7 Å². The lowest BCUT2D eigenvalue weighted by atomic mass is 10.0. The van der Waals surface area contributed by atoms with E-state index >= 15 is 0 Å². The van der Waals surface area contributed by atoms with Crippen molar-refractivity contribution in [2.24, 2.45) is 0 Å². The number of hydrogen-bond donors (Lipinski definition) is 1. The highest BCUT2D eigenvalue weighted by atomic mass is 35.5. The summed E-state index contributed by atoms with van der Waals surface area (Å²) in [6.07, 6.45) is 7.48. The lowest BCUT2D eigenvalue weighted by Crippen LogP contribution is -1.99. The summed E-state index contributed by atoms with van der Waals surface area (Å²) in [4.78, 5) is 16.9. The Hall–Kier alpha value is -3.58. The number of halogens is 1. The van der Waals surface area contributed by atoms with Crippen molar-refractivity contribution in [1.29, 1.82) is 0 Å². The van der Waals surface area contributed by atoms with E-state index < -0.39 is 0 Å². The molecule has 8 heteroatoms. The Labute approximate surface area is 171 Å². The maximum absolute atomic E-state index is 6.04. The van der Waals surface area contributed by atoms with Gasteiger partial charge in [0.1, 0.15) is 23.6 Å². The maximum Gasteiger partial charge on any atom is 0.155 e. The minimum Gasteiger partial charge on any atom is -0.340 e. The molecule has 1 aromatic carbocycles. The van der Waals surface area contributed by atoms with Crippen LogP contribution in [-0.2, 0) is 6.42 Å². The van der Waals surface area contributed by atoms with E-state index in [9.17, 15) is 0 Å². The molecule has 0 bridgehead atoms. The maximum atomic E-state index is 6.04. The number of nitrogens with one attached hydrogen (secondary N) is 1. The van der Waals surface area contributed by atoms with Gasteiger partial charge in [0.05, 0.1) is 11.7 Å². The van der Waals surface area contributed by atoms with E-state index in [-0.39, 0.29) is 0 Å². The average Bonchev–Trinajstić information content (AvgIpc) is 3.18. The molecule has 4 heterocycles. The number of fused-ring (bicyclic) bond motifs is 2. The summed E-state index contributed by atoms with van der Waals surface area (Å²) in [5.74, 6) is 0.698. The lowest BCUT2D eigenvalue weighted by Gasteiger charge is -2.12. The second-order valence-electron chi connectivity index (χ2n) is 6.79. The SMILES string of the molecule is Cc1cc(Nc2ncnc3cnc(Cl)cc23)ccc1Cc1ccn2ncnc2c1. The molecule has 0 aliphatic heterocycles. The summed E-state index contributed by atoms with van der Waals surface area (Å²) in [5, 5.41) is 8.74. The van der Waals surface area contributed by atoms with E-state index in [1.807, 2.05) is 6.20 Å². The molecule has 142 valence electrons. The standard InChI is InChI=1S/C21H16ClN7/c1-13-6-16(28-21-17-9-19(22)23-10-18(17)24-11-26-21)3-2-15(13)7-14-4-5-29-20(8-14)25-12-27-29/h2-6,8-12H,7H2,1H3,(H,24,26,28). The molecule has 5 rings (SSSR count). The summed E-state index contributed by atoms with van der Waals surface area (Å²) in [6, 6.07) is 12.2. The summed E-state index contributed by atoms with van der Waals surface area (Å²) in [5.41, 5.74) is 6.17. The Morgan fingerprint density at radius 3 is 2.83 bits per heavy atom. The summed E-state index contributed by atoms with van der Waals surface area (Å²) < 4.78 is 1.76. The number of hydrogen-bond acceptors (Lipinski definition) is 6. The molecule has 0 fully saturated rings. The molecular weight excluding hydrogens is 386 g/mol. The van der Waals surface area contributed by atoms with Crippen LogP contribution in [-0.4, -0.2) is 29.5 Å². The zero-order valence-corrected chi connectivity index (χ0v) is 16.3. The van der Waals surface area contributed by atoms with Crippen LogP contribution in [0.1, 0.15) is 16.7 Å². The number of aryl methyl sites for hydroxylation is 1. The molecule has 5 aromatic rings. The third-order valence-corrected chi connectivity index (χ3v) is 5.04. The first-order chi connectivity index (χ1) is 14.2. The molecule has 0 aliphatic rings. The van der Waals surface area contributed by atoms with Crippen molar-refractivity contribution in [2.45, 2.75) is 13.3 Å². The van der Waals surface area contributed by atoms with Crippen LogP contribution in [0, 0.1) is 6.92 Å². The van der Waals surface area contributed by atoms with E-state index in [2.05, 4.69) is 67.6 Å². The van der Waals surface area contributed by atoms with Crippen LogP contribution in [0.15, 0.2) is 61.4 Å². The van der Waals surface area contributed by atoms with Gasteiger partial charge in [-0.1, -0.05) is 17.7 Å². The molecule has 0 unspecified atom stereocenters. The van der Waals surface area contributed by atoms with Gasteiger partial charge in [0.25, 0.3) is 0 Å². The Kier molecular flexibility index (Phi) is 4.29. The molecule has 0 amide bonds. The van der Waals surface area contributed by atoms with Crippen molar-refractivity contribution in [3.63, 3.8) is 0 Å². The first kappa shape index (κ1) is 17.5. The van der Waals surface area contributed by atoms with Crippen LogP contribution in [0.4, 0.5) is 11.5 Å². The van der Waals surface area contributed by atoms with E-state index in [0.717, 1.165) is 28.7 Å². The number of anilines is 2. The van der Waals surface area contributed by atoms with Crippen molar-refractivity contribution in [2.75, 3.05) is 5.32 Å². The van der Waals surface area contributed by atoms with Crippen LogP contribution >= 0.6 is 11.6 Å². The van der Waals surface area contributed by atoms with Crippen LogP contribution < -0.4 is 5.32 Å². The van der Waals surface area contributed by atoms with Gasteiger partial charge in [-0.3, -0.25) is 0 Å². The van der Waals surface area contributed by atoms with Crippen LogP contribution in [0.25, 0.3) is 16.6 Å². The molecule has 0 aliphatic carbocycles. The van der Waals surface area contributed by atoms with Gasteiger partial charge >= 0.3 is 0 Å². The van der Waals surface area contributed by atoms with Gasteiger partial charge in [0.2, 0.25) is 0 Å². The largest absolute Gasteiger partial charge is 0.340 e. The minimum atomic E-state index is 0.409. The van der Waals surface area contributed by atoms with Crippen molar-refractivity contribution in [1.82, 2.24) is 29.5 Å². The fourth-order valence-electron chi connectivity index (χ4n) is 3.33. The monoisotopic (exact) mass is 401 g/mol. The molecule has 0 spiro atoms. The molecule has 0 radical (unpaired) electrons. The van der Waals surface area contributed by atoms with E-state index in [1.165, 1.54) is 23.0 Å². The number of aromatic nitrogens is 6. The second-order valence-corrected chi connectivity index (χ2v) is 7.17. The average molecular weight is 402 g/mol. The molecule has 29 heavy (non-hydrogen) atoms. The van der Waals surface area contributed by atoms with E-state index in [0.29, 0.717) is 11.0 Å². The highest BCUT2D eigenvalue weighted by Crippen LogP contribution is 2.26. The van der Waals surface area contributed by atoms with Crippen LogP contribution in [0.2, 0.25) is 5.15 Å². The van der Waals surface area contributed by atoms with Gasteiger partial charge < -0.3 is 5.32 Å². The number of benzene rings is 1. The van der Waals surface area contributed by atoms with E-state index in [1.54, 1.807) is 23.1 Å². The summed E-state index contributed by atoms with van der Waals surface area (Å²) in [6.45, 7) is 2.11. The first-order valence-corrected chi connectivity index (χ1v) is 9.44. The van der Waals surface area contributed by atoms with Gasteiger partial charge in [-0.25, -0.2) is 24.5 Å². The quantitative estimate of drug-likeness (QED) is 0.450. The molecule has 7 nitrogen and oxygen atoms in total. The third-order valence-electron chi connectivity index (χ3n) is 4.83. The molecule has 1 N–H and O–H groups in total. The van der Waals surface area contributed by atoms with Gasteiger partial charge in [-0.2, -0.15) is 5.10 Å². The third kappa shape index (κ3) is 3.48. The summed E-state index contributed by atoms with van der Waals surface area (Å²) >= 11 is 6.04. The zero-order valence-electron chi connectivity index (χ0n) is 15.5. The Balaban J connectivity index is 1.42. The fourth-order valence-corrected chi connectivity index (χ4v) is 3.49. The molecular formula is C21H16ClN7. The summed E-state index contributed by atoms with van der Waals surface area (Å²) in [7, 11) is 0. The Morgan fingerprint density at radius 1 is 1.00 bits per heavy atom. The van der Waals surface area contributed by atoms with Gasteiger partial charge in [0.15, 0.2) is 5.65 Å². The fraction of sp³-hybridized carbons (Fsp3) is 0.0952. The smallest absolute Gasteiger partial charge is 0.155 e. The molecule has 0 saturated heterocycles. The predicted octanol–water partition coefficient (Wildman–Crippen LogP) is 4.36. The molecule has 0 saturated carbocycles. The predicted molar refractivity (Wildman–Crippen MR) is 113 cm³/mol. The lowest BCUT2D eigenvalue weighted by molar-refractivity contribution is 0.953. The minimum absolute atomic E-state index is 0.409. The highest BCUT2D eigenvalue weighted by Gasteiger charge is 2.08. The number of pyridine rings is 2. The van der Waals surface area contributed by atoms with Crippen LogP contribution in [0.5, 0.6) is 0 Å². The van der Waals surface area contributed by atoms with E-state index in [4.69, 9.17) is 11.6 Å². The first-order valence-electron chi connectivity index (χ1n) is 9.07. The van der Waals surface area contributed by atoms with Gasteiger partial charge in [-0.05, 0) is 60.4 Å². The molecule has 4 aromatic heterocycles. The highest BCUT2D eigenvalue weighted by molar-refractivity contribution is 6.30. The number of nitrogens with zero attached hydrogens (tertiary/aromatic N) is 6. The topological polar surface area (TPSA) is 80.9 Å². The van der Waals surface area contributed by atoms with Gasteiger partial charge in [0, 0.05) is 17.3 Å². The zero-order chi connectivity index (χ0) is 19.8. The normalized spacial score (nSPS) is 11.2. The second kappa shape index (κ2) is 7.10. The van der Waals surface area contributed by atoms with Crippen molar-refractivity contribution in [3.05, 3.63) is 83.3 Å².